The van der Waals surface area contributed by atoms with Crippen molar-refractivity contribution in [1.29, 1.82) is 0 Å². The Morgan fingerprint density at radius 2 is 0.793 bits per heavy atom. The molecule has 1 heterocycles. The van der Waals surface area contributed by atoms with Gasteiger partial charge in [0.1, 0.15) is 0 Å². The first-order valence-corrected chi connectivity index (χ1v) is 10.8. The van der Waals surface area contributed by atoms with Crippen LogP contribution in [0, 0.1) is 0 Å². The lowest BCUT2D eigenvalue weighted by molar-refractivity contribution is -0.0710. The predicted octanol–water partition coefficient (Wildman–Crippen LogP) is 5.99. The molecule has 1 aliphatic heterocycles. The summed E-state index contributed by atoms with van der Waals surface area (Å²) in [5, 5.41) is 0. The zero-order chi connectivity index (χ0) is 19.7. The van der Waals surface area contributed by atoms with E-state index in [1.54, 1.807) is 0 Å². The van der Waals surface area contributed by atoms with E-state index in [1.165, 1.54) is 16.7 Å². The molecule has 2 nitrogen and oxygen atoms in total. The zero-order valence-corrected chi connectivity index (χ0v) is 17.0. The summed E-state index contributed by atoms with van der Waals surface area (Å²) in [4.78, 5) is 0. The van der Waals surface area contributed by atoms with Gasteiger partial charge in [-0.15, -0.1) is 0 Å². The van der Waals surface area contributed by atoms with Crippen molar-refractivity contribution in [3.63, 3.8) is 0 Å². The summed E-state index contributed by atoms with van der Waals surface area (Å²) in [7, 11) is 0. The largest absolute Gasteiger partial charge is 0.347 e. The van der Waals surface area contributed by atoms with E-state index in [1.807, 2.05) is 0 Å². The molecular weight excluding hydrogens is 356 g/mol. The van der Waals surface area contributed by atoms with Crippen LogP contribution in [-0.4, -0.2) is 18.5 Å². The van der Waals surface area contributed by atoms with Crippen LogP contribution in [0.1, 0.15) is 36.0 Å². The van der Waals surface area contributed by atoms with Crippen LogP contribution in [-0.2, 0) is 28.7 Å². The molecule has 2 heteroatoms. The van der Waals surface area contributed by atoms with Gasteiger partial charge < -0.3 is 9.47 Å². The van der Waals surface area contributed by atoms with Gasteiger partial charge in [-0.25, -0.2) is 0 Å². The molecule has 0 spiro atoms. The lowest BCUT2D eigenvalue weighted by Crippen LogP contribution is -2.23. The van der Waals surface area contributed by atoms with Crippen LogP contribution in [0.4, 0.5) is 0 Å². The van der Waals surface area contributed by atoms with Gasteiger partial charge in [-0.05, 0) is 48.8 Å². The molecule has 0 N–H and O–H groups in total. The number of benzene rings is 3. The van der Waals surface area contributed by atoms with Gasteiger partial charge in [-0.2, -0.15) is 0 Å². The summed E-state index contributed by atoms with van der Waals surface area (Å²) in [5.74, 6) is 0. The third kappa shape index (κ3) is 6.03. The highest BCUT2D eigenvalue weighted by molar-refractivity contribution is 5.17. The second kappa shape index (κ2) is 10.4. The van der Waals surface area contributed by atoms with Crippen molar-refractivity contribution in [3.8, 4) is 0 Å². The molecule has 4 rings (SSSR count). The summed E-state index contributed by atoms with van der Waals surface area (Å²) < 4.78 is 12.8. The van der Waals surface area contributed by atoms with Gasteiger partial charge in [-0.3, -0.25) is 0 Å². The van der Waals surface area contributed by atoms with E-state index >= 15 is 0 Å². The van der Waals surface area contributed by atoms with Gasteiger partial charge in [0.15, 0.2) is 6.29 Å². The SMILES string of the molecule is c1ccc(CCC2O[C@@H](CCc3ccccc3)[C@@H](CCc3ccccc3)O2)cc1. The molecule has 1 saturated heterocycles. The summed E-state index contributed by atoms with van der Waals surface area (Å²) >= 11 is 0. The molecule has 150 valence electrons. The van der Waals surface area contributed by atoms with Crippen molar-refractivity contribution in [2.24, 2.45) is 0 Å². The summed E-state index contributed by atoms with van der Waals surface area (Å²) in [6, 6.07) is 32.0. The second-order valence-electron chi connectivity index (χ2n) is 7.85. The fourth-order valence-electron chi connectivity index (χ4n) is 4.08. The molecule has 0 aromatic heterocycles. The molecule has 0 bridgehead atoms. The van der Waals surface area contributed by atoms with E-state index in [4.69, 9.17) is 9.47 Å². The highest BCUT2D eigenvalue weighted by Crippen LogP contribution is 2.29. The number of aryl methyl sites for hydroxylation is 3. The van der Waals surface area contributed by atoms with Crippen LogP contribution >= 0.6 is 0 Å². The van der Waals surface area contributed by atoms with E-state index in [0.29, 0.717) is 0 Å². The highest BCUT2D eigenvalue weighted by Gasteiger charge is 2.35. The van der Waals surface area contributed by atoms with Crippen LogP contribution in [0.3, 0.4) is 0 Å². The Morgan fingerprint density at radius 1 is 0.448 bits per heavy atom. The minimum atomic E-state index is -0.100. The van der Waals surface area contributed by atoms with Crippen LogP contribution in [0.5, 0.6) is 0 Å². The van der Waals surface area contributed by atoms with E-state index in [0.717, 1.165) is 38.5 Å². The summed E-state index contributed by atoms with van der Waals surface area (Å²) in [6.45, 7) is 0. The average molecular weight is 387 g/mol. The van der Waals surface area contributed by atoms with Crippen molar-refractivity contribution in [1.82, 2.24) is 0 Å². The van der Waals surface area contributed by atoms with Crippen LogP contribution in [0.2, 0.25) is 0 Å². The molecule has 1 aliphatic rings. The predicted molar refractivity (Wildman–Crippen MR) is 118 cm³/mol. The van der Waals surface area contributed by atoms with Crippen molar-refractivity contribution in [2.45, 2.75) is 57.0 Å². The van der Waals surface area contributed by atoms with Crippen LogP contribution in [0.15, 0.2) is 91.0 Å². The number of ether oxygens (including phenoxy) is 2. The molecule has 3 aromatic rings. The zero-order valence-electron chi connectivity index (χ0n) is 17.0. The highest BCUT2D eigenvalue weighted by atomic mass is 16.7. The molecule has 0 radical (unpaired) electrons. The molecule has 0 amide bonds. The third-order valence-electron chi connectivity index (χ3n) is 5.70. The topological polar surface area (TPSA) is 18.5 Å². The summed E-state index contributed by atoms with van der Waals surface area (Å²) in [6.07, 6.45) is 6.20. The molecule has 3 atom stereocenters. The van der Waals surface area contributed by atoms with E-state index in [-0.39, 0.29) is 18.5 Å². The molecule has 1 fully saturated rings. The Morgan fingerprint density at radius 3 is 1.17 bits per heavy atom. The van der Waals surface area contributed by atoms with Crippen LogP contribution < -0.4 is 0 Å². The van der Waals surface area contributed by atoms with Crippen molar-refractivity contribution in [2.75, 3.05) is 0 Å². The maximum absolute atomic E-state index is 6.38. The van der Waals surface area contributed by atoms with Crippen LogP contribution in [0.25, 0.3) is 0 Å². The smallest absolute Gasteiger partial charge is 0.158 e. The first kappa shape index (κ1) is 19.9. The Hall–Kier alpha value is -2.42. The molecule has 0 aliphatic carbocycles. The quantitative estimate of drug-likeness (QED) is 0.449. The number of hydrogen-bond donors (Lipinski definition) is 0. The third-order valence-corrected chi connectivity index (χ3v) is 5.70. The van der Waals surface area contributed by atoms with Gasteiger partial charge >= 0.3 is 0 Å². The maximum Gasteiger partial charge on any atom is 0.158 e. The molecule has 3 aromatic carbocycles. The van der Waals surface area contributed by atoms with E-state index < -0.39 is 0 Å². The first-order valence-electron chi connectivity index (χ1n) is 10.8. The van der Waals surface area contributed by atoms with E-state index in [2.05, 4.69) is 91.0 Å². The Labute approximate surface area is 174 Å². The minimum Gasteiger partial charge on any atom is -0.347 e. The first-order chi connectivity index (χ1) is 14.4. The lowest BCUT2D eigenvalue weighted by Gasteiger charge is -2.16. The molecule has 0 saturated carbocycles. The van der Waals surface area contributed by atoms with Crippen molar-refractivity contribution >= 4 is 0 Å². The van der Waals surface area contributed by atoms with Gasteiger partial charge in [0, 0.05) is 6.42 Å². The molecular formula is C27H30O2. The Balaban J connectivity index is 1.35. The fraction of sp³-hybridized carbons (Fsp3) is 0.333. The fourth-order valence-corrected chi connectivity index (χ4v) is 4.08. The van der Waals surface area contributed by atoms with Gasteiger partial charge in [0.25, 0.3) is 0 Å². The Bertz CT molecular complexity index is 781. The molecule has 29 heavy (non-hydrogen) atoms. The Kier molecular flexibility index (Phi) is 7.12. The summed E-state index contributed by atoms with van der Waals surface area (Å²) in [5.41, 5.74) is 4.07. The monoisotopic (exact) mass is 386 g/mol. The van der Waals surface area contributed by atoms with Crippen molar-refractivity contribution < 1.29 is 9.47 Å². The lowest BCUT2D eigenvalue weighted by atomic mass is 9.99. The number of hydrogen-bond acceptors (Lipinski definition) is 2. The second-order valence-corrected chi connectivity index (χ2v) is 7.85. The van der Waals surface area contributed by atoms with E-state index in [9.17, 15) is 0 Å². The van der Waals surface area contributed by atoms with Gasteiger partial charge in [0.2, 0.25) is 0 Å². The average Bonchev–Trinajstić information content (AvgIpc) is 3.19. The van der Waals surface area contributed by atoms with Gasteiger partial charge in [0.05, 0.1) is 12.2 Å². The number of rotatable bonds is 9. The maximum atomic E-state index is 6.38. The molecule has 1 unspecified atom stereocenters. The van der Waals surface area contributed by atoms with Gasteiger partial charge in [-0.1, -0.05) is 91.0 Å². The standard InChI is InChI=1S/C27H30O2/c1-4-10-22(11-5-1)16-19-25-26(20-17-23-12-6-2-7-13-23)29-27(28-25)21-18-24-14-8-3-9-15-24/h1-15,25-27H,16-21H2/t25-,26+,27?. The minimum absolute atomic E-state index is 0.100. The normalized spacial score (nSPS) is 21.3. The van der Waals surface area contributed by atoms with Crippen molar-refractivity contribution in [3.05, 3.63) is 108 Å².